The number of aliphatic hydroxyl groups excluding tert-OH is 1. The van der Waals surface area contributed by atoms with Crippen LogP contribution in [0.5, 0.6) is 0 Å². The van der Waals surface area contributed by atoms with Gasteiger partial charge in [0.25, 0.3) is 0 Å². The van der Waals surface area contributed by atoms with E-state index in [2.05, 4.69) is 15.9 Å². The van der Waals surface area contributed by atoms with Gasteiger partial charge >= 0.3 is 0 Å². The van der Waals surface area contributed by atoms with E-state index in [1.54, 1.807) is 0 Å². The Morgan fingerprint density at radius 3 is 2.68 bits per heavy atom. The summed E-state index contributed by atoms with van der Waals surface area (Å²) in [6.45, 7) is 0. The number of nitrogens with zero attached hydrogens (tertiary/aromatic N) is 1. The van der Waals surface area contributed by atoms with Crippen LogP contribution >= 0.6 is 15.9 Å². The lowest BCUT2D eigenvalue weighted by Gasteiger charge is -2.26. The molecule has 2 unspecified atom stereocenters. The topological polar surface area (TPSA) is 78.2 Å². The normalized spacial score (nSPS) is 26.8. The number of aliphatic hydroxyl groups is 1. The molecule has 1 N–H and O–H groups in total. The average Bonchev–Trinajstić information content (AvgIpc) is 2.65. The van der Waals surface area contributed by atoms with E-state index in [-0.39, 0.29) is 17.7 Å². The molecule has 0 aromatic heterocycles. The van der Waals surface area contributed by atoms with E-state index in [1.807, 2.05) is 6.07 Å². The van der Waals surface area contributed by atoms with Crippen LogP contribution in [0.2, 0.25) is 0 Å². The molecule has 1 aromatic carbocycles. The van der Waals surface area contributed by atoms with Gasteiger partial charge in [0.1, 0.15) is 17.3 Å². The molecule has 1 aliphatic rings. The maximum absolute atomic E-state index is 13.8. The molecule has 2 rings (SSSR count). The van der Waals surface area contributed by atoms with Gasteiger partial charge in [-0.05, 0) is 18.6 Å². The van der Waals surface area contributed by atoms with Crippen LogP contribution in [0.3, 0.4) is 0 Å². The molecule has 4 nitrogen and oxygen atoms in total. The van der Waals surface area contributed by atoms with Crippen molar-refractivity contribution in [3.8, 4) is 6.07 Å². The van der Waals surface area contributed by atoms with Crippen molar-refractivity contribution >= 4 is 25.8 Å². The second-order valence-electron chi connectivity index (χ2n) is 4.68. The fraction of sp³-hybridized carbons (Fsp3) is 0.417. The first-order valence-electron chi connectivity index (χ1n) is 5.54. The van der Waals surface area contributed by atoms with E-state index in [0.29, 0.717) is 4.47 Å². The van der Waals surface area contributed by atoms with Gasteiger partial charge in [-0.15, -0.1) is 0 Å². The molecule has 1 aromatic rings. The van der Waals surface area contributed by atoms with Crippen LogP contribution in [0, 0.1) is 22.6 Å². The van der Waals surface area contributed by atoms with Crippen molar-refractivity contribution in [1.29, 1.82) is 5.26 Å². The lowest BCUT2D eigenvalue weighted by molar-refractivity contribution is 0.0759. The first-order chi connectivity index (χ1) is 8.80. The van der Waals surface area contributed by atoms with Crippen molar-refractivity contribution in [3.63, 3.8) is 0 Å². The Morgan fingerprint density at radius 2 is 2.21 bits per heavy atom. The highest BCUT2D eigenvalue weighted by atomic mass is 79.9. The number of sulfone groups is 1. The quantitative estimate of drug-likeness (QED) is 0.886. The summed E-state index contributed by atoms with van der Waals surface area (Å²) in [4.78, 5) is 0. The molecule has 2 atom stereocenters. The minimum atomic E-state index is -3.35. The van der Waals surface area contributed by atoms with Crippen LogP contribution < -0.4 is 0 Å². The highest BCUT2D eigenvalue weighted by molar-refractivity contribution is 9.10. The molecule has 1 fully saturated rings. The molecule has 0 aliphatic carbocycles. The highest BCUT2D eigenvalue weighted by Crippen LogP contribution is 2.43. The third-order valence-corrected chi connectivity index (χ3v) is 5.61. The minimum absolute atomic E-state index is 0.0164. The van der Waals surface area contributed by atoms with Crippen molar-refractivity contribution in [2.75, 3.05) is 11.5 Å². The molecule has 1 aliphatic heterocycles. The molecule has 0 amide bonds. The summed E-state index contributed by atoms with van der Waals surface area (Å²) in [6.07, 6.45) is -1.44. The Labute approximate surface area is 118 Å². The van der Waals surface area contributed by atoms with Gasteiger partial charge < -0.3 is 5.11 Å². The van der Waals surface area contributed by atoms with Crippen molar-refractivity contribution in [3.05, 3.63) is 34.1 Å². The molecule has 0 saturated carbocycles. The van der Waals surface area contributed by atoms with Gasteiger partial charge in [-0.3, -0.25) is 0 Å². The predicted octanol–water partition coefficient (Wildman–Crippen LogP) is 1.95. The highest BCUT2D eigenvalue weighted by Gasteiger charge is 2.49. The fourth-order valence-corrected chi connectivity index (χ4v) is 4.56. The number of halogens is 2. The van der Waals surface area contributed by atoms with Gasteiger partial charge in [-0.1, -0.05) is 22.0 Å². The third-order valence-electron chi connectivity index (χ3n) is 3.34. The summed E-state index contributed by atoms with van der Waals surface area (Å²) in [6, 6.07) is 5.93. The lowest BCUT2D eigenvalue weighted by Crippen LogP contribution is -2.29. The zero-order valence-corrected chi connectivity index (χ0v) is 12.2. The lowest BCUT2D eigenvalue weighted by atomic mass is 9.80. The Morgan fingerprint density at radius 1 is 1.53 bits per heavy atom. The van der Waals surface area contributed by atoms with Gasteiger partial charge in [0.05, 0.1) is 17.6 Å². The van der Waals surface area contributed by atoms with E-state index in [9.17, 15) is 23.2 Å². The summed E-state index contributed by atoms with van der Waals surface area (Å²) >= 11 is 3.09. The van der Waals surface area contributed by atoms with Gasteiger partial charge in [-0.2, -0.15) is 5.26 Å². The van der Waals surface area contributed by atoms with E-state index in [4.69, 9.17) is 0 Å². The number of nitriles is 1. The standard InChI is InChI=1S/C12H11BrFNO3S/c13-8-1-2-9(10(14)5-8)11(16)12(6-15)3-4-19(17,18)7-12/h1-2,5,11,16H,3-4,7H2. The van der Waals surface area contributed by atoms with Gasteiger partial charge in [0, 0.05) is 10.0 Å². The van der Waals surface area contributed by atoms with Crippen molar-refractivity contribution < 1.29 is 17.9 Å². The second-order valence-corrected chi connectivity index (χ2v) is 7.78. The Bertz CT molecular complexity index is 655. The summed E-state index contributed by atoms with van der Waals surface area (Å²) in [7, 11) is -3.35. The first kappa shape index (κ1) is 14.4. The summed E-state index contributed by atoms with van der Waals surface area (Å²) in [5.41, 5.74) is -1.52. The van der Waals surface area contributed by atoms with E-state index < -0.39 is 32.9 Å². The zero-order valence-electron chi connectivity index (χ0n) is 9.81. The van der Waals surface area contributed by atoms with Crippen molar-refractivity contribution in [1.82, 2.24) is 0 Å². The fourth-order valence-electron chi connectivity index (χ4n) is 2.26. The smallest absolute Gasteiger partial charge is 0.152 e. The Hall–Kier alpha value is -0.970. The van der Waals surface area contributed by atoms with Crippen molar-refractivity contribution in [2.45, 2.75) is 12.5 Å². The monoisotopic (exact) mass is 347 g/mol. The molecule has 0 bridgehead atoms. The maximum atomic E-state index is 13.8. The molecular formula is C12H11BrFNO3S. The molecule has 0 radical (unpaired) electrons. The maximum Gasteiger partial charge on any atom is 0.152 e. The zero-order chi connectivity index (χ0) is 14.3. The van der Waals surface area contributed by atoms with Crippen LogP contribution in [-0.2, 0) is 9.84 Å². The van der Waals surface area contributed by atoms with E-state index in [0.717, 1.165) is 0 Å². The molecule has 1 saturated heterocycles. The van der Waals surface area contributed by atoms with Crippen molar-refractivity contribution in [2.24, 2.45) is 5.41 Å². The van der Waals surface area contributed by atoms with Gasteiger partial charge in [-0.25, -0.2) is 12.8 Å². The van der Waals surface area contributed by atoms with Crippen LogP contribution in [0.4, 0.5) is 4.39 Å². The summed E-state index contributed by atoms with van der Waals surface area (Å²) < 4.78 is 37.3. The van der Waals surface area contributed by atoms with E-state index in [1.165, 1.54) is 18.2 Å². The largest absolute Gasteiger partial charge is 0.387 e. The second kappa shape index (κ2) is 4.85. The molecule has 0 spiro atoms. The number of hydrogen-bond donors (Lipinski definition) is 1. The van der Waals surface area contributed by atoms with Crippen LogP contribution in [0.25, 0.3) is 0 Å². The van der Waals surface area contributed by atoms with Crippen LogP contribution in [0.15, 0.2) is 22.7 Å². The Kier molecular flexibility index (Phi) is 3.69. The molecule has 19 heavy (non-hydrogen) atoms. The third kappa shape index (κ3) is 2.66. The average molecular weight is 348 g/mol. The van der Waals surface area contributed by atoms with Crippen LogP contribution in [-0.4, -0.2) is 25.0 Å². The molecule has 7 heteroatoms. The van der Waals surface area contributed by atoms with Gasteiger partial charge in [0.15, 0.2) is 9.84 Å². The molecule has 1 heterocycles. The summed E-state index contributed by atoms with van der Waals surface area (Å²) in [5, 5.41) is 19.5. The minimum Gasteiger partial charge on any atom is -0.387 e. The summed E-state index contributed by atoms with van der Waals surface area (Å²) in [5.74, 6) is -1.26. The van der Waals surface area contributed by atoms with E-state index >= 15 is 0 Å². The van der Waals surface area contributed by atoms with Crippen LogP contribution in [0.1, 0.15) is 18.1 Å². The SMILES string of the molecule is N#CC1(C(O)c2ccc(Br)cc2F)CCS(=O)(=O)C1. The Balaban J connectivity index is 2.43. The first-order valence-corrected chi connectivity index (χ1v) is 8.16. The molecule has 102 valence electrons. The number of hydrogen-bond acceptors (Lipinski definition) is 4. The number of rotatable bonds is 2. The van der Waals surface area contributed by atoms with Gasteiger partial charge in [0.2, 0.25) is 0 Å². The molecular weight excluding hydrogens is 337 g/mol. The number of benzene rings is 1. The predicted molar refractivity (Wildman–Crippen MR) is 70.4 cm³/mol.